The van der Waals surface area contributed by atoms with E-state index in [0.29, 0.717) is 17.2 Å². The van der Waals surface area contributed by atoms with E-state index in [0.717, 1.165) is 11.3 Å². The van der Waals surface area contributed by atoms with E-state index in [2.05, 4.69) is 5.10 Å². The molecule has 1 N–H and O–H groups in total. The van der Waals surface area contributed by atoms with E-state index in [9.17, 15) is 9.90 Å². The number of aryl methyl sites for hydroxylation is 1. The molecule has 0 atom stereocenters. The maximum absolute atomic E-state index is 11.3. The fraction of sp³-hybridized carbons (Fsp3) is 0.286. The predicted molar refractivity (Wildman–Crippen MR) is 67.2 cm³/mol. The summed E-state index contributed by atoms with van der Waals surface area (Å²) in [5.41, 5.74) is 2.91. The lowest BCUT2D eigenvalue weighted by atomic mass is 10.1. The Labute approximate surface area is 105 Å². The van der Waals surface area contributed by atoms with Gasteiger partial charge in [-0.25, -0.2) is 9.48 Å². The molecule has 0 aliphatic heterocycles. The van der Waals surface area contributed by atoms with Gasteiger partial charge in [0, 0.05) is 12.1 Å². The average Bonchev–Trinajstić information content (AvgIpc) is 3.08. The number of carboxylic acids is 1. The number of benzene rings is 1. The molecule has 1 aromatic heterocycles. The first-order chi connectivity index (χ1) is 8.65. The Morgan fingerprint density at radius 1 is 1.39 bits per heavy atom. The van der Waals surface area contributed by atoms with Crippen molar-refractivity contribution in [2.75, 3.05) is 0 Å². The van der Waals surface area contributed by atoms with Crippen molar-refractivity contribution in [3.8, 4) is 5.69 Å². The van der Waals surface area contributed by atoms with E-state index in [1.165, 1.54) is 12.8 Å². The monoisotopic (exact) mass is 242 g/mol. The molecule has 4 nitrogen and oxygen atoms in total. The summed E-state index contributed by atoms with van der Waals surface area (Å²) < 4.78 is 1.66. The van der Waals surface area contributed by atoms with Crippen molar-refractivity contribution in [1.82, 2.24) is 9.78 Å². The molecule has 0 amide bonds. The quantitative estimate of drug-likeness (QED) is 0.900. The largest absolute Gasteiger partial charge is 0.478 e. The van der Waals surface area contributed by atoms with Gasteiger partial charge < -0.3 is 5.11 Å². The third-order valence-electron chi connectivity index (χ3n) is 3.23. The van der Waals surface area contributed by atoms with Gasteiger partial charge in [0.15, 0.2) is 0 Å². The first-order valence-electron chi connectivity index (χ1n) is 6.05. The molecule has 1 aliphatic rings. The third-order valence-corrected chi connectivity index (χ3v) is 3.23. The Morgan fingerprint density at radius 2 is 2.17 bits per heavy atom. The van der Waals surface area contributed by atoms with Gasteiger partial charge in [-0.3, -0.25) is 0 Å². The number of aromatic carboxylic acids is 1. The summed E-state index contributed by atoms with van der Waals surface area (Å²) in [5, 5.41) is 13.7. The standard InChI is InChI=1S/C14H14N2O2/c1-9-2-5-13(11(8-9)14(17)18)16-7-6-12(15-16)10-3-4-10/h2,5-8,10H,3-4H2,1H3,(H,17,18). The lowest BCUT2D eigenvalue weighted by molar-refractivity contribution is 0.0696. The smallest absolute Gasteiger partial charge is 0.337 e. The van der Waals surface area contributed by atoms with Crippen LogP contribution in [-0.4, -0.2) is 20.9 Å². The van der Waals surface area contributed by atoms with Gasteiger partial charge >= 0.3 is 5.97 Å². The van der Waals surface area contributed by atoms with E-state index in [1.807, 2.05) is 31.3 Å². The van der Waals surface area contributed by atoms with Crippen molar-refractivity contribution in [3.05, 3.63) is 47.3 Å². The van der Waals surface area contributed by atoms with Crippen molar-refractivity contribution in [2.24, 2.45) is 0 Å². The minimum atomic E-state index is -0.919. The second-order valence-electron chi connectivity index (χ2n) is 4.79. The van der Waals surface area contributed by atoms with Gasteiger partial charge in [-0.2, -0.15) is 5.10 Å². The summed E-state index contributed by atoms with van der Waals surface area (Å²) in [4.78, 5) is 11.3. The van der Waals surface area contributed by atoms with Crippen molar-refractivity contribution in [3.63, 3.8) is 0 Å². The van der Waals surface area contributed by atoms with Crippen LogP contribution in [0.1, 0.15) is 40.4 Å². The van der Waals surface area contributed by atoms with Crippen LogP contribution in [-0.2, 0) is 0 Å². The molecule has 0 saturated heterocycles. The fourth-order valence-electron chi connectivity index (χ4n) is 2.09. The molecule has 2 aromatic rings. The highest BCUT2D eigenvalue weighted by Gasteiger charge is 2.26. The van der Waals surface area contributed by atoms with Crippen molar-refractivity contribution in [2.45, 2.75) is 25.7 Å². The number of hydrogen-bond donors (Lipinski definition) is 1. The molecular weight excluding hydrogens is 228 g/mol. The summed E-state index contributed by atoms with van der Waals surface area (Å²) in [6, 6.07) is 7.36. The molecule has 0 unspecified atom stereocenters. The second kappa shape index (κ2) is 3.98. The van der Waals surface area contributed by atoms with Crippen LogP contribution in [0.25, 0.3) is 5.69 Å². The van der Waals surface area contributed by atoms with Gasteiger partial charge in [-0.05, 0) is 38.0 Å². The highest BCUT2D eigenvalue weighted by molar-refractivity contribution is 5.92. The molecule has 1 fully saturated rings. The van der Waals surface area contributed by atoms with Crippen LogP contribution in [0.5, 0.6) is 0 Å². The molecule has 4 heteroatoms. The summed E-state index contributed by atoms with van der Waals surface area (Å²) in [6.07, 6.45) is 4.22. The number of carbonyl (C=O) groups is 1. The number of aromatic nitrogens is 2. The summed E-state index contributed by atoms with van der Waals surface area (Å²) in [5.74, 6) is -0.345. The van der Waals surface area contributed by atoms with Gasteiger partial charge in [-0.15, -0.1) is 0 Å². The van der Waals surface area contributed by atoms with E-state index >= 15 is 0 Å². The van der Waals surface area contributed by atoms with E-state index in [-0.39, 0.29) is 0 Å². The fourth-order valence-corrected chi connectivity index (χ4v) is 2.09. The third kappa shape index (κ3) is 1.90. The number of rotatable bonds is 3. The van der Waals surface area contributed by atoms with Gasteiger partial charge in [0.25, 0.3) is 0 Å². The normalized spacial score (nSPS) is 14.7. The number of carboxylic acid groups (broad SMARTS) is 1. The Balaban J connectivity index is 2.06. The maximum atomic E-state index is 11.3. The molecule has 1 saturated carbocycles. The number of hydrogen-bond acceptors (Lipinski definition) is 2. The molecule has 1 aliphatic carbocycles. The Morgan fingerprint density at radius 3 is 2.83 bits per heavy atom. The number of nitrogens with zero attached hydrogens (tertiary/aromatic N) is 2. The topological polar surface area (TPSA) is 55.1 Å². The van der Waals surface area contributed by atoms with Crippen LogP contribution in [0.2, 0.25) is 0 Å². The van der Waals surface area contributed by atoms with E-state index < -0.39 is 5.97 Å². The molecule has 0 bridgehead atoms. The lowest BCUT2D eigenvalue weighted by Gasteiger charge is -2.07. The van der Waals surface area contributed by atoms with Gasteiger partial charge in [0.1, 0.15) is 0 Å². The highest BCUT2D eigenvalue weighted by Crippen LogP contribution is 2.39. The van der Waals surface area contributed by atoms with E-state index in [4.69, 9.17) is 0 Å². The lowest BCUT2D eigenvalue weighted by Crippen LogP contribution is -2.06. The van der Waals surface area contributed by atoms with Gasteiger partial charge in [0.05, 0.1) is 16.9 Å². The molecule has 0 spiro atoms. The second-order valence-corrected chi connectivity index (χ2v) is 4.79. The Hall–Kier alpha value is -2.10. The summed E-state index contributed by atoms with van der Waals surface area (Å²) >= 11 is 0. The van der Waals surface area contributed by atoms with Crippen LogP contribution >= 0.6 is 0 Å². The molecule has 1 heterocycles. The van der Waals surface area contributed by atoms with Crippen LogP contribution in [0.3, 0.4) is 0 Å². The first kappa shape index (κ1) is 11.0. The summed E-state index contributed by atoms with van der Waals surface area (Å²) in [7, 11) is 0. The van der Waals surface area contributed by atoms with Crippen LogP contribution in [0.4, 0.5) is 0 Å². The SMILES string of the molecule is Cc1ccc(-n2ccc(C3CC3)n2)c(C(=O)O)c1. The van der Waals surface area contributed by atoms with E-state index in [1.54, 1.807) is 10.7 Å². The molecular formula is C14H14N2O2. The average molecular weight is 242 g/mol. The van der Waals surface area contributed by atoms with Crippen molar-refractivity contribution < 1.29 is 9.90 Å². The van der Waals surface area contributed by atoms with Crippen molar-refractivity contribution in [1.29, 1.82) is 0 Å². The zero-order chi connectivity index (χ0) is 12.7. The molecule has 3 rings (SSSR count). The molecule has 1 aromatic carbocycles. The zero-order valence-electron chi connectivity index (χ0n) is 10.1. The van der Waals surface area contributed by atoms with Crippen LogP contribution in [0.15, 0.2) is 30.5 Å². The molecule has 0 radical (unpaired) electrons. The minimum absolute atomic E-state index is 0.292. The van der Waals surface area contributed by atoms with Crippen LogP contribution in [0, 0.1) is 6.92 Å². The van der Waals surface area contributed by atoms with Gasteiger partial charge in [0.2, 0.25) is 0 Å². The zero-order valence-corrected chi connectivity index (χ0v) is 10.1. The summed E-state index contributed by atoms with van der Waals surface area (Å²) in [6.45, 7) is 1.88. The predicted octanol–water partition coefficient (Wildman–Crippen LogP) is 2.76. The van der Waals surface area contributed by atoms with Crippen molar-refractivity contribution >= 4 is 5.97 Å². The minimum Gasteiger partial charge on any atom is -0.478 e. The Bertz CT molecular complexity index is 612. The molecule has 18 heavy (non-hydrogen) atoms. The first-order valence-corrected chi connectivity index (χ1v) is 6.05. The maximum Gasteiger partial charge on any atom is 0.337 e. The highest BCUT2D eigenvalue weighted by atomic mass is 16.4. The Kier molecular flexibility index (Phi) is 2.44. The van der Waals surface area contributed by atoms with Crippen LogP contribution < -0.4 is 0 Å². The van der Waals surface area contributed by atoms with Gasteiger partial charge in [-0.1, -0.05) is 11.6 Å². The molecule has 92 valence electrons.